The summed E-state index contributed by atoms with van der Waals surface area (Å²) in [7, 11) is -3.94. The van der Waals surface area contributed by atoms with E-state index in [-0.39, 0.29) is 42.9 Å². The van der Waals surface area contributed by atoms with Gasteiger partial charge in [0.2, 0.25) is 10.0 Å². The molecule has 176 valence electrons. The molecule has 13 heteroatoms. The molecular weight excluding hydrogens is 442 g/mol. The second kappa shape index (κ2) is 9.57. The van der Waals surface area contributed by atoms with Crippen molar-refractivity contribution in [2.75, 3.05) is 83.7 Å². The van der Waals surface area contributed by atoms with Gasteiger partial charge in [0.05, 0.1) is 37.0 Å². The molecule has 3 fully saturated rings. The Bertz CT molecular complexity index is 953. The number of nitro groups is 1. The van der Waals surface area contributed by atoms with E-state index in [9.17, 15) is 23.3 Å². The molecule has 1 aromatic rings. The summed E-state index contributed by atoms with van der Waals surface area (Å²) in [6.45, 7) is 4.87. The number of hydrogen-bond acceptors (Lipinski definition) is 8. The highest BCUT2D eigenvalue weighted by atomic mass is 32.2. The summed E-state index contributed by atoms with van der Waals surface area (Å²) in [5.41, 5.74) is 0.141. The zero-order chi connectivity index (χ0) is 22.7. The van der Waals surface area contributed by atoms with Crippen LogP contribution in [0.2, 0.25) is 0 Å². The summed E-state index contributed by atoms with van der Waals surface area (Å²) in [5.74, 6) is 0. The molecule has 1 aromatic carbocycles. The summed E-state index contributed by atoms with van der Waals surface area (Å²) >= 11 is 0. The molecule has 0 radical (unpaired) electrons. The van der Waals surface area contributed by atoms with Gasteiger partial charge in [0.25, 0.3) is 5.69 Å². The Morgan fingerprint density at radius 3 is 2.03 bits per heavy atom. The zero-order valence-corrected chi connectivity index (χ0v) is 18.5. The number of benzene rings is 1. The molecule has 32 heavy (non-hydrogen) atoms. The van der Waals surface area contributed by atoms with E-state index < -0.39 is 14.9 Å². The number of nitrogens with zero attached hydrogens (tertiary/aromatic N) is 5. The largest absolute Gasteiger partial charge is 0.379 e. The molecule has 0 bridgehead atoms. The number of ether oxygens (including phenoxy) is 2. The molecule has 4 rings (SSSR count). The second-order valence-corrected chi connectivity index (χ2v) is 9.69. The van der Waals surface area contributed by atoms with Gasteiger partial charge in [0.15, 0.2) is 0 Å². The van der Waals surface area contributed by atoms with Crippen LogP contribution >= 0.6 is 0 Å². The highest BCUT2D eigenvalue weighted by molar-refractivity contribution is 7.89. The standard InChI is InChI=1S/C19H27N5O7S/c25-19(22-7-11-30-12-8-22)21-5-3-20(4-6-21)17-2-1-16(24(26)27)15-18(17)32(28,29)23-9-13-31-14-10-23/h1-2,15H,3-14H2. The maximum absolute atomic E-state index is 13.3. The number of morpholine rings is 2. The number of hydrogen-bond donors (Lipinski definition) is 0. The van der Waals surface area contributed by atoms with Crippen molar-refractivity contribution >= 4 is 27.4 Å². The minimum Gasteiger partial charge on any atom is -0.379 e. The Labute approximate surface area is 186 Å². The van der Waals surface area contributed by atoms with Crippen molar-refractivity contribution in [3.05, 3.63) is 28.3 Å². The number of sulfonamides is 1. The Morgan fingerprint density at radius 1 is 0.875 bits per heavy atom. The predicted octanol–water partition coefficient (Wildman–Crippen LogP) is 0.190. The van der Waals surface area contributed by atoms with Crippen LogP contribution in [-0.4, -0.2) is 112 Å². The predicted molar refractivity (Wildman–Crippen MR) is 114 cm³/mol. The number of carbonyl (C=O) groups is 1. The molecule has 0 spiro atoms. The number of amides is 2. The Hall–Kier alpha value is -2.48. The first-order chi connectivity index (χ1) is 15.4. The maximum atomic E-state index is 13.3. The summed E-state index contributed by atoms with van der Waals surface area (Å²) < 4.78 is 38.5. The normalized spacial score (nSPS) is 20.9. The van der Waals surface area contributed by atoms with Crippen molar-refractivity contribution < 1.29 is 27.6 Å². The Morgan fingerprint density at radius 2 is 1.44 bits per heavy atom. The lowest BCUT2D eigenvalue weighted by molar-refractivity contribution is -0.385. The van der Waals surface area contributed by atoms with E-state index in [1.54, 1.807) is 9.80 Å². The minimum atomic E-state index is -3.94. The second-order valence-electron chi connectivity index (χ2n) is 7.78. The number of anilines is 1. The van der Waals surface area contributed by atoms with Crippen molar-refractivity contribution in [1.82, 2.24) is 14.1 Å². The molecular formula is C19H27N5O7S. The number of nitro benzene ring substituents is 1. The number of carbonyl (C=O) groups excluding carboxylic acids is 1. The molecule has 3 aliphatic heterocycles. The van der Waals surface area contributed by atoms with E-state index >= 15 is 0 Å². The van der Waals surface area contributed by atoms with Crippen LogP contribution in [0.25, 0.3) is 0 Å². The van der Waals surface area contributed by atoms with E-state index in [0.717, 1.165) is 6.07 Å². The van der Waals surface area contributed by atoms with Crippen LogP contribution < -0.4 is 4.90 Å². The van der Waals surface area contributed by atoms with Gasteiger partial charge in [-0.1, -0.05) is 0 Å². The minimum absolute atomic E-state index is 0.0437. The van der Waals surface area contributed by atoms with E-state index in [1.807, 2.05) is 4.90 Å². The van der Waals surface area contributed by atoms with Crippen LogP contribution in [0.15, 0.2) is 23.1 Å². The van der Waals surface area contributed by atoms with Gasteiger partial charge in [0, 0.05) is 64.5 Å². The first-order valence-corrected chi connectivity index (χ1v) is 12.0. The van der Waals surface area contributed by atoms with Gasteiger partial charge >= 0.3 is 6.03 Å². The quantitative estimate of drug-likeness (QED) is 0.452. The average Bonchev–Trinajstić information content (AvgIpc) is 2.84. The lowest BCUT2D eigenvalue weighted by Crippen LogP contribution is -2.55. The molecule has 3 aliphatic rings. The highest BCUT2D eigenvalue weighted by Gasteiger charge is 2.33. The van der Waals surface area contributed by atoms with Crippen LogP contribution in [-0.2, 0) is 19.5 Å². The number of urea groups is 1. The van der Waals surface area contributed by atoms with Gasteiger partial charge in [0.1, 0.15) is 4.90 Å². The topological polar surface area (TPSA) is 126 Å². The van der Waals surface area contributed by atoms with Gasteiger partial charge in [-0.3, -0.25) is 10.1 Å². The van der Waals surface area contributed by atoms with E-state index in [2.05, 4.69) is 0 Å². The summed E-state index contributed by atoms with van der Waals surface area (Å²) in [6.07, 6.45) is 0. The number of rotatable bonds is 4. The Kier molecular flexibility index (Phi) is 6.79. The molecule has 0 saturated carbocycles. The van der Waals surface area contributed by atoms with Gasteiger partial charge in [-0.25, -0.2) is 13.2 Å². The lowest BCUT2D eigenvalue weighted by Gasteiger charge is -2.40. The van der Waals surface area contributed by atoms with Crippen molar-refractivity contribution in [2.45, 2.75) is 4.90 Å². The van der Waals surface area contributed by atoms with Crippen molar-refractivity contribution in [2.24, 2.45) is 0 Å². The van der Waals surface area contributed by atoms with Crippen molar-refractivity contribution in [3.8, 4) is 0 Å². The van der Waals surface area contributed by atoms with E-state index in [0.29, 0.717) is 58.2 Å². The first-order valence-electron chi connectivity index (χ1n) is 10.6. The van der Waals surface area contributed by atoms with Crippen molar-refractivity contribution in [1.29, 1.82) is 0 Å². The van der Waals surface area contributed by atoms with E-state index in [1.165, 1.54) is 16.4 Å². The van der Waals surface area contributed by atoms with Crippen LogP contribution in [0.5, 0.6) is 0 Å². The smallest absolute Gasteiger partial charge is 0.320 e. The third-order valence-corrected chi connectivity index (χ3v) is 7.84. The lowest BCUT2D eigenvalue weighted by atomic mass is 10.2. The molecule has 2 amide bonds. The monoisotopic (exact) mass is 469 g/mol. The molecule has 0 aliphatic carbocycles. The molecule has 3 heterocycles. The average molecular weight is 470 g/mol. The molecule has 12 nitrogen and oxygen atoms in total. The van der Waals surface area contributed by atoms with Crippen LogP contribution in [0.1, 0.15) is 0 Å². The maximum Gasteiger partial charge on any atom is 0.320 e. The van der Waals surface area contributed by atoms with Gasteiger partial charge in [-0.15, -0.1) is 0 Å². The highest BCUT2D eigenvalue weighted by Crippen LogP contribution is 2.32. The van der Waals surface area contributed by atoms with Gasteiger partial charge in [-0.05, 0) is 6.07 Å². The van der Waals surface area contributed by atoms with E-state index in [4.69, 9.17) is 9.47 Å². The first kappa shape index (κ1) is 22.7. The molecule has 0 N–H and O–H groups in total. The van der Waals surface area contributed by atoms with Crippen LogP contribution in [0.4, 0.5) is 16.2 Å². The molecule has 0 atom stereocenters. The van der Waals surface area contributed by atoms with Gasteiger partial charge in [-0.2, -0.15) is 4.31 Å². The zero-order valence-electron chi connectivity index (χ0n) is 17.7. The van der Waals surface area contributed by atoms with Crippen LogP contribution in [0.3, 0.4) is 0 Å². The Balaban J connectivity index is 1.54. The molecule has 0 unspecified atom stereocenters. The van der Waals surface area contributed by atoms with Gasteiger partial charge < -0.3 is 24.2 Å². The summed E-state index contributed by atoms with van der Waals surface area (Å²) in [6, 6.07) is 3.90. The number of piperazine rings is 1. The SMILES string of the molecule is O=C(N1CCOCC1)N1CCN(c2ccc([N+](=O)[O-])cc2S(=O)(=O)N2CCOCC2)CC1. The summed E-state index contributed by atoms with van der Waals surface area (Å²) in [5, 5.41) is 11.3. The molecule has 0 aromatic heterocycles. The fraction of sp³-hybridized carbons (Fsp3) is 0.632. The fourth-order valence-electron chi connectivity index (χ4n) is 4.10. The number of non-ortho nitro benzene ring substituents is 1. The third kappa shape index (κ3) is 4.65. The van der Waals surface area contributed by atoms with Crippen molar-refractivity contribution in [3.63, 3.8) is 0 Å². The van der Waals surface area contributed by atoms with Crippen LogP contribution in [0, 0.1) is 10.1 Å². The molecule has 3 saturated heterocycles. The summed E-state index contributed by atoms with van der Waals surface area (Å²) in [4.78, 5) is 28.8. The fourth-order valence-corrected chi connectivity index (χ4v) is 5.74. The third-order valence-electron chi connectivity index (χ3n) is 5.91.